The maximum Gasteiger partial charge on any atom is 0.321 e. The molecule has 1 unspecified atom stereocenters. The molecular formula is C4H11N3O4. The number of aliphatic carboxylic acids is 2. The van der Waals surface area contributed by atoms with Crippen LogP contribution in [0.5, 0.6) is 0 Å². The van der Waals surface area contributed by atoms with Crippen LogP contribution in [-0.4, -0.2) is 28.2 Å². The van der Waals surface area contributed by atoms with E-state index < -0.39 is 24.4 Å². The number of nitrogens with two attached hydrogens (primary N) is 3. The molecule has 11 heavy (non-hydrogen) atoms. The summed E-state index contributed by atoms with van der Waals surface area (Å²) in [7, 11) is 0. The molecule has 0 rings (SSSR count). The summed E-state index contributed by atoms with van der Waals surface area (Å²) in [6.07, 6.45) is -0.532. The fourth-order valence-corrected chi connectivity index (χ4v) is 0.275. The first kappa shape index (κ1) is 12.5. The smallest absolute Gasteiger partial charge is 0.321 e. The van der Waals surface area contributed by atoms with Gasteiger partial charge in [0.25, 0.3) is 0 Å². The first-order chi connectivity index (χ1) is 5.04. The second-order valence-electron chi connectivity index (χ2n) is 1.54. The molecule has 7 nitrogen and oxygen atoms in total. The Labute approximate surface area is 62.7 Å². The zero-order valence-corrected chi connectivity index (χ0v) is 5.73. The lowest BCUT2D eigenvalue weighted by atomic mass is 10.2. The number of hydrogen-bond donors (Lipinski definition) is 5. The van der Waals surface area contributed by atoms with Gasteiger partial charge in [0.05, 0.1) is 6.42 Å². The van der Waals surface area contributed by atoms with Gasteiger partial charge < -0.3 is 15.9 Å². The Morgan fingerprint density at radius 3 is 1.73 bits per heavy atom. The van der Waals surface area contributed by atoms with Crippen LogP contribution in [0.3, 0.4) is 0 Å². The Balaban J connectivity index is 0. The SMILES string of the molecule is NC(CC(=O)O)C(=O)O.NN. The predicted octanol–water partition coefficient (Wildman–Crippen LogP) is -2.31. The van der Waals surface area contributed by atoms with Crippen LogP contribution in [0.4, 0.5) is 0 Å². The molecule has 0 saturated heterocycles. The van der Waals surface area contributed by atoms with E-state index in [1.807, 2.05) is 0 Å². The summed E-state index contributed by atoms with van der Waals surface area (Å²) in [5.74, 6) is 5.50. The van der Waals surface area contributed by atoms with Gasteiger partial charge in [-0.15, -0.1) is 0 Å². The Morgan fingerprint density at radius 1 is 1.27 bits per heavy atom. The number of hydrazine groups is 1. The van der Waals surface area contributed by atoms with Crippen LogP contribution in [-0.2, 0) is 9.59 Å². The van der Waals surface area contributed by atoms with Crippen molar-refractivity contribution < 1.29 is 19.8 Å². The van der Waals surface area contributed by atoms with Crippen molar-refractivity contribution in [1.29, 1.82) is 0 Å². The largest absolute Gasteiger partial charge is 0.481 e. The summed E-state index contributed by atoms with van der Waals surface area (Å²) in [4.78, 5) is 19.6. The molecule has 0 amide bonds. The Morgan fingerprint density at radius 2 is 1.64 bits per heavy atom. The van der Waals surface area contributed by atoms with E-state index >= 15 is 0 Å². The summed E-state index contributed by atoms with van der Waals surface area (Å²) in [5, 5.41) is 16.0. The first-order valence-corrected chi connectivity index (χ1v) is 2.57. The van der Waals surface area contributed by atoms with Gasteiger partial charge >= 0.3 is 11.9 Å². The van der Waals surface area contributed by atoms with Crippen LogP contribution in [0.15, 0.2) is 0 Å². The zero-order valence-electron chi connectivity index (χ0n) is 5.73. The lowest BCUT2D eigenvalue weighted by Gasteiger charge is -1.99. The molecule has 1 atom stereocenters. The quantitative estimate of drug-likeness (QED) is 0.232. The van der Waals surface area contributed by atoms with Gasteiger partial charge in [-0.2, -0.15) is 0 Å². The molecule has 8 N–H and O–H groups in total. The van der Waals surface area contributed by atoms with Crippen molar-refractivity contribution in [2.45, 2.75) is 12.5 Å². The maximum atomic E-state index is 9.85. The summed E-state index contributed by atoms with van der Waals surface area (Å²) in [6, 6.07) is -1.29. The highest BCUT2D eigenvalue weighted by molar-refractivity contribution is 5.80. The average Bonchev–Trinajstić information content (AvgIpc) is 1.90. The molecule has 0 aromatic heterocycles. The minimum atomic E-state index is -1.29. The summed E-state index contributed by atoms with van der Waals surface area (Å²) in [6.45, 7) is 0. The third kappa shape index (κ3) is 8.82. The highest BCUT2D eigenvalue weighted by atomic mass is 16.4. The lowest BCUT2D eigenvalue weighted by molar-refractivity contribution is -0.144. The Bertz CT molecular complexity index is 137. The van der Waals surface area contributed by atoms with E-state index in [1.165, 1.54) is 0 Å². The van der Waals surface area contributed by atoms with E-state index in [0.717, 1.165) is 0 Å². The zero-order chi connectivity index (χ0) is 9.44. The topological polar surface area (TPSA) is 153 Å². The van der Waals surface area contributed by atoms with Crippen molar-refractivity contribution in [3.05, 3.63) is 0 Å². The number of hydrogen-bond acceptors (Lipinski definition) is 5. The van der Waals surface area contributed by atoms with Gasteiger partial charge in [0, 0.05) is 0 Å². The Hall–Kier alpha value is -1.18. The van der Waals surface area contributed by atoms with E-state index in [2.05, 4.69) is 11.7 Å². The van der Waals surface area contributed by atoms with Crippen molar-refractivity contribution in [2.75, 3.05) is 0 Å². The molecule has 0 aliphatic carbocycles. The van der Waals surface area contributed by atoms with Crippen molar-refractivity contribution in [3.8, 4) is 0 Å². The van der Waals surface area contributed by atoms with Crippen LogP contribution >= 0.6 is 0 Å². The maximum absolute atomic E-state index is 9.85. The van der Waals surface area contributed by atoms with Crippen molar-refractivity contribution >= 4 is 11.9 Å². The highest BCUT2D eigenvalue weighted by Crippen LogP contribution is 1.86. The van der Waals surface area contributed by atoms with Crippen molar-refractivity contribution in [2.24, 2.45) is 17.4 Å². The molecule has 66 valence electrons. The molecule has 0 aromatic rings. The Kier molecular flexibility index (Phi) is 7.87. The van der Waals surface area contributed by atoms with Gasteiger partial charge in [0.2, 0.25) is 0 Å². The van der Waals surface area contributed by atoms with E-state index in [1.54, 1.807) is 0 Å². The van der Waals surface area contributed by atoms with E-state index in [9.17, 15) is 9.59 Å². The minimum Gasteiger partial charge on any atom is -0.481 e. The molecule has 0 heterocycles. The van der Waals surface area contributed by atoms with Gasteiger partial charge in [-0.25, -0.2) is 0 Å². The fraction of sp³-hybridized carbons (Fsp3) is 0.500. The van der Waals surface area contributed by atoms with E-state index in [4.69, 9.17) is 15.9 Å². The molecule has 0 fully saturated rings. The first-order valence-electron chi connectivity index (χ1n) is 2.57. The van der Waals surface area contributed by atoms with Gasteiger partial charge in [0.15, 0.2) is 0 Å². The summed E-state index contributed by atoms with van der Waals surface area (Å²) in [5.41, 5.74) is 4.84. The minimum absolute atomic E-state index is 0.532. The lowest BCUT2D eigenvalue weighted by Crippen LogP contribution is -2.32. The molecule has 0 radical (unpaired) electrons. The molecular weight excluding hydrogens is 154 g/mol. The second-order valence-corrected chi connectivity index (χ2v) is 1.54. The molecule has 0 aliphatic rings. The molecule has 0 aliphatic heterocycles. The summed E-state index contributed by atoms with van der Waals surface area (Å²) >= 11 is 0. The summed E-state index contributed by atoms with van der Waals surface area (Å²) < 4.78 is 0. The van der Waals surface area contributed by atoms with Crippen LogP contribution in [0, 0.1) is 0 Å². The standard InChI is InChI=1S/C4H7NO4.H4N2/c5-2(4(8)9)1-3(6)7;1-2/h2H,1,5H2,(H,6,7)(H,8,9);1-2H2. The molecule has 0 saturated carbocycles. The van der Waals surface area contributed by atoms with E-state index in [-0.39, 0.29) is 0 Å². The predicted molar refractivity (Wildman–Crippen MR) is 36.2 cm³/mol. The molecule has 0 spiro atoms. The molecule has 0 aromatic carbocycles. The third-order valence-corrected chi connectivity index (χ3v) is 0.712. The van der Waals surface area contributed by atoms with Crippen molar-refractivity contribution in [1.82, 2.24) is 0 Å². The van der Waals surface area contributed by atoms with Crippen molar-refractivity contribution in [3.63, 3.8) is 0 Å². The average molecular weight is 165 g/mol. The molecule has 0 bridgehead atoms. The number of rotatable bonds is 3. The van der Waals surface area contributed by atoms with Gasteiger partial charge in [0.1, 0.15) is 6.04 Å². The molecule has 7 heteroatoms. The van der Waals surface area contributed by atoms with Gasteiger partial charge in [-0.05, 0) is 0 Å². The fourth-order valence-electron chi connectivity index (χ4n) is 0.275. The normalized spacial score (nSPS) is 10.8. The highest BCUT2D eigenvalue weighted by Gasteiger charge is 2.14. The van der Waals surface area contributed by atoms with Crippen LogP contribution in [0.2, 0.25) is 0 Å². The van der Waals surface area contributed by atoms with Gasteiger partial charge in [-0.1, -0.05) is 0 Å². The van der Waals surface area contributed by atoms with Gasteiger partial charge in [-0.3, -0.25) is 21.3 Å². The third-order valence-electron chi connectivity index (χ3n) is 0.712. The van der Waals surface area contributed by atoms with Crippen LogP contribution in [0.25, 0.3) is 0 Å². The monoisotopic (exact) mass is 165 g/mol. The number of carbonyl (C=O) groups is 2. The number of carboxylic acids is 2. The number of carboxylic acid groups (broad SMARTS) is 2. The van der Waals surface area contributed by atoms with Crippen LogP contribution in [0.1, 0.15) is 6.42 Å². The second kappa shape index (κ2) is 6.93. The van der Waals surface area contributed by atoms with Crippen LogP contribution < -0.4 is 17.4 Å². The van der Waals surface area contributed by atoms with E-state index in [0.29, 0.717) is 0 Å².